The molecule has 1 atom stereocenters. The largest absolute Gasteiger partial charge is 0.493 e. The molecule has 108 valence electrons. The SMILES string of the molecule is CCC(CNC(C)C)Oc1c(OC)cccc1OC. The number of ether oxygens (including phenoxy) is 3. The molecule has 0 saturated carbocycles. The number of benzene rings is 1. The van der Waals surface area contributed by atoms with E-state index in [1.165, 1.54) is 0 Å². The molecule has 4 nitrogen and oxygen atoms in total. The van der Waals surface area contributed by atoms with Crippen LogP contribution in [0.25, 0.3) is 0 Å². The van der Waals surface area contributed by atoms with E-state index in [9.17, 15) is 0 Å². The van der Waals surface area contributed by atoms with Gasteiger partial charge >= 0.3 is 0 Å². The third-order valence-electron chi connectivity index (χ3n) is 2.88. The highest BCUT2D eigenvalue weighted by Crippen LogP contribution is 2.37. The van der Waals surface area contributed by atoms with Crippen LogP contribution in [0.1, 0.15) is 27.2 Å². The van der Waals surface area contributed by atoms with Crippen LogP contribution < -0.4 is 19.5 Å². The lowest BCUT2D eigenvalue weighted by Crippen LogP contribution is -2.35. The Bertz CT molecular complexity index is 357. The van der Waals surface area contributed by atoms with Crippen molar-refractivity contribution in [2.24, 2.45) is 0 Å². The molecule has 0 fully saturated rings. The second-order valence-electron chi connectivity index (χ2n) is 4.70. The molecule has 0 spiro atoms. The first kappa shape index (κ1) is 15.6. The minimum atomic E-state index is 0.0904. The first-order chi connectivity index (χ1) is 9.12. The van der Waals surface area contributed by atoms with E-state index in [4.69, 9.17) is 14.2 Å². The summed E-state index contributed by atoms with van der Waals surface area (Å²) >= 11 is 0. The molecule has 0 aromatic heterocycles. The van der Waals surface area contributed by atoms with Gasteiger partial charge in [-0.15, -0.1) is 0 Å². The van der Waals surface area contributed by atoms with E-state index >= 15 is 0 Å². The highest BCUT2D eigenvalue weighted by Gasteiger charge is 2.16. The number of hydrogen-bond donors (Lipinski definition) is 1. The summed E-state index contributed by atoms with van der Waals surface area (Å²) in [6, 6.07) is 6.08. The minimum absolute atomic E-state index is 0.0904. The van der Waals surface area contributed by atoms with Crippen molar-refractivity contribution in [3.05, 3.63) is 18.2 Å². The molecule has 0 aliphatic rings. The third kappa shape index (κ3) is 4.63. The molecule has 0 aliphatic heterocycles. The Morgan fingerprint density at radius 1 is 1.11 bits per heavy atom. The van der Waals surface area contributed by atoms with Crippen LogP contribution >= 0.6 is 0 Å². The summed E-state index contributed by atoms with van der Waals surface area (Å²) < 4.78 is 16.7. The van der Waals surface area contributed by atoms with Crippen LogP contribution in [0.2, 0.25) is 0 Å². The fourth-order valence-electron chi connectivity index (χ4n) is 1.74. The van der Waals surface area contributed by atoms with Crippen molar-refractivity contribution in [1.82, 2.24) is 5.32 Å². The minimum Gasteiger partial charge on any atom is -0.493 e. The summed E-state index contributed by atoms with van der Waals surface area (Å²) in [5, 5.41) is 3.39. The molecule has 0 bridgehead atoms. The second-order valence-corrected chi connectivity index (χ2v) is 4.70. The second kappa shape index (κ2) is 7.89. The molecule has 1 aromatic carbocycles. The Labute approximate surface area is 116 Å². The van der Waals surface area contributed by atoms with Gasteiger partial charge in [0.2, 0.25) is 5.75 Å². The maximum Gasteiger partial charge on any atom is 0.203 e. The smallest absolute Gasteiger partial charge is 0.203 e. The standard InChI is InChI=1S/C15H25NO3/c1-6-12(10-16-11(2)3)19-15-13(17-4)8-7-9-14(15)18-5/h7-9,11-12,16H,6,10H2,1-5H3. The van der Waals surface area contributed by atoms with Gasteiger partial charge in [0.15, 0.2) is 11.5 Å². The number of rotatable bonds is 8. The molecule has 0 amide bonds. The van der Waals surface area contributed by atoms with Gasteiger partial charge in [0.1, 0.15) is 6.10 Å². The summed E-state index contributed by atoms with van der Waals surface area (Å²) in [5.41, 5.74) is 0. The normalized spacial score (nSPS) is 12.3. The van der Waals surface area contributed by atoms with Crippen molar-refractivity contribution in [3.63, 3.8) is 0 Å². The predicted octanol–water partition coefficient (Wildman–Crippen LogP) is 2.86. The summed E-state index contributed by atoms with van der Waals surface area (Å²) in [4.78, 5) is 0. The summed E-state index contributed by atoms with van der Waals surface area (Å²) in [7, 11) is 3.27. The molecule has 0 heterocycles. The monoisotopic (exact) mass is 267 g/mol. The van der Waals surface area contributed by atoms with Crippen molar-refractivity contribution in [1.29, 1.82) is 0 Å². The van der Waals surface area contributed by atoms with Crippen LogP contribution in [0, 0.1) is 0 Å². The number of methoxy groups -OCH3 is 2. The van der Waals surface area contributed by atoms with Crippen molar-refractivity contribution in [2.45, 2.75) is 39.3 Å². The van der Waals surface area contributed by atoms with Gasteiger partial charge in [-0.3, -0.25) is 0 Å². The van der Waals surface area contributed by atoms with Crippen molar-refractivity contribution in [2.75, 3.05) is 20.8 Å². The lowest BCUT2D eigenvalue weighted by atomic mass is 10.2. The Balaban J connectivity index is 2.83. The van der Waals surface area contributed by atoms with Crippen LogP contribution in [-0.2, 0) is 0 Å². The molecule has 4 heteroatoms. The average molecular weight is 267 g/mol. The van der Waals surface area contributed by atoms with E-state index < -0.39 is 0 Å². The van der Waals surface area contributed by atoms with Gasteiger partial charge in [0, 0.05) is 12.6 Å². The molecule has 1 aromatic rings. The highest BCUT2D eigenvalue weighted by molar-refractivity contribution is 5.51. The number of nitrogens with one attached hydrogen (secondary N) is 1. The molecular weight excluding hydrogens is 242 g/mol. The first-order valence-corrected chi connectivity index (χ1v) is 6.73. The van der Waals surface area contributed by atoms with Gasteiger partial charge in [0.25, 0.3) is 0 Å². The van der Waals surface area contributed by atoms with E-state index in [1.54, 1.807) is 14.2 Å². The molecule has 1 unspecified atom stereocenters. The van der Waals surface area contributed by atoms with Crippen LogP contribution in [0.15, 0.2) is 18.2 Å². The van der Waals surface area contributed by atoms with Gasteiger partial charge in [-0.25, -0.2) is 0 Å². The molecule has 0 aliphatic carbocycles. The van der Waals surface area contributed by atoms with Gasteiger partial charge < -0.3 is 19.5 Å². The van der Waals surface area contributed by atoms with Crippen molar-refractivity contribution in [3.8, 4) is 17.2 Å². The molecular formula is C15H25NO3. The maximum atomic E-state index is 6.05. The van der Waals surface area contributed by atoms with Crippen LogP contribution in [0.5, 0.6) is 17.2 Å². The average Bonchev–Trinajstić information content (AvgIpc) is 2.42. The predicted molar refractivity (Wildman–Crippen MR) is 77.4 cm³/mol. The van der Waals surface area contributed by atoms with E-state index in [-0.39, 0.29) is 6.10 Å². The summed E-state index contributed by atoms with van der Waals surface area (Å²) in [5.74, 6) is 2.06. The Kier molecular flexibility index (Phi) is 6.50. The quantitative estimate of drug-likeness (QED) is 0.786. The number of hydrogen-bond acceptors (Lipinski definition) is 4. The van der Waals surface area contributed by atoms with Gasteiger partial charge in [0.05, 0.1) is 14.2 Å². The van der Waals surface area contributed by atoms with Crippen LogP contribution in [0.3, 0.4) is 0 Å². The van der Waals surface area contributed by atoms with Crippen molar-refractivity contribution < 1.29 is 14.2 Å². The topological polar surface area (TPSA) is 39.7 Å². The highest BCUT2D eigenvalue weighted by atomic mass is 16.5. The summed E-state index contributed by atoms with van der Waals surface area (Å²) in [6.45, 7) is 7.15. The first-order valence-electron chi connectivity index (χ1n) is 6.73. The van der Waals surface area contributed by atoms with E-state index in [1.807, 2.05) is 18.2 Å². The Morgan fingerprint density at radius 2 is 1.68 bits per heavy atom. The van der Waals surface area contributed by atoms with Crippen LogP contribution in [0.4, 0.5) is 0 Å². The van der Waals surface area contributed by atoms with Gasteiger partial charge in [-0.1, -0.05) is 26.8 Å². The van der Waals surface area contributed by atoms with E-state index in [0.29, 0.717) is 23.3 Å². The lowest BCUT2D eigenvalue weighted by Gasteiger charge is -2.22. The zero-order chi connectivity index (χ0) is 14.3. The van der Waals surface area contributed by atoms with Gasteiger partial charge in [-0.05, 0) is 18.6 Å². The molecule has 19 heavy (non-hydrogen) atoms. The molecule has 1 N–H and O–H groups in total. The molecule has 0 radical (unpaired) electrons. The van der Waals surface area contributed by atoms with E-state index in [2.05, 4.69) is 26.1 Å². The fourth-order valence-corrected chi connectivity index (χ4v) is 1.74. The van der Waals surface area contributed by atoms with E-state index in [0.717, 1.165) is 13.0 Å². The van der Waals surface area contributed by atoms with Crippen molar-refractivity contribution >= 4 is 0 Å². The Morgan fingerprint density at radius 3 is 2.11 bits per heavy atom. The zero-order valence-electron chi connectivity index (χ0n) is 12.5. The number of para-hydroxylation sites is 1. The maximum absolute atomic E-state index is 6.05. The fraction of sp³-hybridized carbons (Fsp3) is 0.600. The molecule has 1 rings (SSSR count). The Hall–Kier alpha value is -1.42. The van der Waals surface area contributed by atoms with Gasteiger partial charge in [-0.2, -0.15) is 0 Å². The molecule has 0 saturated heterocycles. The third-order valence-corrected chi connectivity index (χ3v) is 2.88. The van der Waals surface area contributed by atoms with Crippen LogP contribution in [-0.4, -0.2) is 32.9 Å². The summed E-state index contributed by atoms with van der Waals surface area (Å²) in [6.07, 6.45) is 1.01. The zero-order valence-corrected chi connectivity index (χ0v) is 12.5. The lowest BCUT2D eigenvalue weighted by molar-refractivity contribution is 0.175.